The summed E-state index contributed by atoms with van der Waals surface area (Å²) in [5.74, 6) is -1.43. The van der Waals surface area contributed by atoms with E-state index in [1.807, 2.05) is 24.3 Å². The lowest BCUT2D eigenvalue weighted by Gasteiger charge is -2.17. The maximum Gasteiger partial charge on any atom is 0.414 e. The van der Waals surface area contributed by atoms with Gasteiger partial charge in [0.15, 0.2) is 0 Å². The summed E-state index contributed by atoms with van der Waals surface area (Å²) in [7, 11) is 0. The van der Waals surface area contributed by atoms with Crippen LogP contribution in [0.25, 0.3) is 0 Å². The standard InChI is InChI=1S/C19H17NO6/c1-9-10(2)18(26-17(9)22)25-8-13-15-12-6-4-3-5-11(12)7-14(15)20(16(13)21)19(23)24/h3-6,8,14-15,18H,7H2,1-2H3,(H,23,24)/b13-8+. The van der Waals surface area contributed by atoms with Crippen LogP contribution in [-0.2, 0) is 25.5 Å². The van der Waals surface area contributed by atoms with Crippen molar-refractivity contribution >= 4 is 18.0 Å². The third kappa shape index (κ3) is 2.23. The van der Waals surface area contributed by atoms with Crippen molar-refractivity contribution in [3.63, 3.8) is 0 Å². The molecule has 2 aliphatic heterocycles. The molecule has 1 aromatic rings. The highest BCUT2D eigenvalue weighted by Gasteiger charge is 2.52. The van der Waals surface area contributed by atoms with E-state index in [0.717, 1.165) is 16.0 Å². The van der Waals surface area contributed by atoms with E-state index >= 15 is 0 Å². The van der Waals surface area contributed by atoms with Gasteiger partial charge < -0.3 is 14.6 Å². The number of likely N-dealkylation sites (tertiary alicyclic amines) is 1. The Labute approximate surface area is 149 Å². The van der Waals surface area contributed by atoms with Crippen molar-refractivity contribution in [2.45, 2.75) is 38.5 Å². The Balaban J connectivity index is 1.69. The number of ether oxygens (including phenoxy) is 2. The highest BCUT2D eigenvalue weighted by molar-refractivity contribution is 6.06. The molecule has 2 amide bonds. The number of carbonyl (C=O) groups excluding carboxylic acids is 2. The van der Waals surface area contributed by atoms with Gasteiger partial charge >= 0.3 is 12.1 Å². The van der Waals surface area contributed by atoms with Crippen LogP contribution in [0.15, 0.2) is 47.2 Å². The molecule has 7 heteroatoms. The number of carbonyl (C=O) groups is 3. The fourth-order valence-corrected chi connectivity index (χ4v) is 3.84. The molecular weight excluding hydrogens is 338 g/mol. The summed E-state index contributed by atoms with van der Waals surface area (Å²) in [5, 5.41) is 9.48. The number of hydrogen-bond acceptors (Lipinski definition) is 5. The molecule has 1 saturated heterocycles. The molecule has 2 heterocycles. The average molecular weight is 355 g/mol. The number of fused-ring (bicyclic) bond motifs is 3. The summed E-state index contributed by atoms with van der Waals surface area (Å²) >= 11 is 0. The van der Waals surface area contributed by atoms with Gasteiger partial charge in [-0.2, -0.15) is 0 Å². The van der Waals surface area contributed by atoms with Gasteiger partial charge in [0.1, 0.15) is 0 Å². The Morgan fingerprint density at radius 1 is 1.31 bits per heavy atom. The van der Waals surface area contributed by atoms with Crippen LogP contribution in [0.1, 0.15) is 30.9 Å². The van der Waals surface area contributed by atoms with Crippen LogP contribution >= 0.6 is 0 Å². The largest absolute Gasteiger partial charge is 0.465 e. The Hall–Kier alpha value is -3.09. The zero-order valence-electron chi connectivity index (χ0n) is 14.3. The molecule has 0 spiro atoms. The normalized spacial score (nSPS) is 28.5. The van der Waals surface area contributed by atoms with Crippen LogP contribution in [0.3, 0.4) is 0 Å². The second-order valence-electron chi connectivity index (χ2n) is 6.66. The SMILES string of the molecule is CC1=C(C)C(O/C=C2/C(=O)N(C(=O)O)C3Cc4ccccc4C23)OC1=O. The van der Waals surface area contributed by atoms with Crippen LogP contribution in [0.5, 0.6) is 0 Å². The molecule has 7 nitrogen and oxygen atoms in total. The maximum absolute atomic E-state index is 12.7. The van der Waals surface area contributed by atoms with E-state index in [-0.39, 0.29) is 11.5 Å². The van der Waals surface area contributed by atoms with Crippen LogP contribution in [0, 0.1) is 0 Å². The second-order valence-corrected chi connectivity index (χ2v) is 6.66. The summed E-state index contributed by atoms with van der Waals surface area (Å²) < 4.78 is 10.7. The summed E-state index contributed by atoms with van der Waals surface area (Å²) in [5.41, 5.74) is 3.32. The smallest absolute Gasteiger partial charge is 0.414 e. The molecular formula is C19H17NO6. The number of benzene rings is 1. The monoisotopic (exact) mass is 355 g/mol. The molecule has 1 aliphatic carbocycles. The first kappa shape index (κ1) is 16.4. The molecule has 1 fully saturated rings. The molecule has 1 aromatic carbocycles. The highest BCUT2D eigenvalue weighted by atomic mass is 16.7. The van der Waals surface area contributed by atoms with Crippen molar-refractivity contribution in [2.75, 3.05) is 0 Å². The lowest BCUT2D eigenvalue weighted by molar-refractivity contribution is -0.153. The number of amides is 2. The van der Waals surface area contributed by atoms with Gasteiger partial charge in [-0.05, 0) is 31.4 Å². The van der Waals surface area contributed by atoms with Gasteiger partial charge in [-0.15, -0.1) is 0 Å². The van der Waals surface area contributed by atoms with Gasteiger partial charge in [-0.1, -0.05) is 24.3 Å². The van der Waals surface area contributed by atoms with E-state index in [9.17, 15) is 19.5 Å². The minimum absolute atomic E-state index is 0.260. The van der Waals surface area contributed by atoms with Gasteiger partial charge in [0.2, 0.25) is 0 Å². The van der Waals surface area contributed by atoms with Gasteiger partial charge in [0.25, 0.3) is 12.2 Å². The first-order valence-corrected chi connectivity index (χ1v) is 8.28. The molecule has 134 valence electrons. The number of rotatable bonds is 2. The predicted molar refractivity (Wildman–Crippen MR) is 89.0 cm³/mol. The van der Waals surface area contributed by atoms with Crippen molar-refractivity contribution in [1.29, 1.82) is 0 Å². The topological polar surface area (TPSA) is 93.1 Å². The van der Waals surface area contributed by atoms with E-state index in [2.05, 4.69) is 0 Å². The average Bonchev–Trinajstić information content (AvgIpc) is 3.18. The van der Waals surface area contributed by atoms with E-state index in [4.69, 9.17) is 9.47 Å². The Morgan fingerprint density at radius 2 is 2.04 bits per heavy atom. The molecule has 3 unspecified atom stereocenters. The zero-order chi connectivity index (χ0) is 18.6. The molecule has 3 aliphatic rings. The molecule has 3 atom stereocenters. The number of esters is 1. The van der Waals surface area contributed by atoms with E-state index in [1.54, 1.807) is 13.8 Å². The second kappa shape index (κ2) is 5.72. The van der Waals surface area contributed by atoms with Crippen LogP contribution in [0.4, 0.5) is 4.79 Å². The third-order valence-electron chi connectivity index (χ3n) is 5.33. The van der Waals surface area contributed by atoms with E-state index in [1.165, 1.54) is 6.26 Å². The van der Waals surface area contributed by atoms with Crippen molar-refractivity contribution in [3.8, 4) is 0 Å². The van der Waals surface area contributed by atoms with Crippen molar-refractivity contribution in [2.24, 2.45) is 0 Å². The number of imide groups is 1. The molecule has 0 saturated carbocycles. The van der Waals surface area contributed by atoms with Crippen LogP contribution in [0.2, 0.25) is 0 Å². The van der Waals surface area contributed by atoms with Gasteiger partial charge in [0.05, 0.1) is 17.9 Å². The van der Waals surface area contributed by atoms with Crippen LogP contribution < -0.4 is 0 Å². The van der Waals surface area contributed by atoms with E-state index in [0.29, 0.717) is 17.6 Å². The molecule has 1 N–H and O–H groups in total. The molecule has 4 rings (SSSR count). The van der Waals surface area contributed by atoms with Crippen LogP contribution in [-0.4, -0.2) is 40.3 Å². The fraction of sp³-hybridized carbons (Fsp3) is 0.316. The highest BCUT2D eigenvalue weighted by Crippen LogP contribution is 2.46. The first-order chi connectivity index (χ1) is 12.4. The minimum Gasteiger partial charge on any atom is -0.465 e. The summed E-state index contributed by atoms with van der Waals surface area (Å²) in [6.45, 7) is 3.36. The molecule has 0 radical (unpaired) electrons. The first-order valence-electron chi connectivity index (χ1n) is 8.28. The number of hydrogen-bond donors (Lipinski definition) is 1. The van der Waals surface area contributed by atoms with Crippen molar-refractivity contribution < 1.29 is 29.0 Å². The molecule has 26 heavy (non-hydrogen) atoms. The Bertz CT molecular complexity index is 899. The fourth-order valence-electron chi connectivity index (χ4n) is 3.84. The lowest BCUT2D eigenvalue weighted by atomic mass is 9.94. The molecule has 0 bridgehead atoms. The Morgan fingerprint density at radius 3 is 2.69 bits per heavy atom. The van der Waals surface area contributed by atoms with Gasteiger partial charge in [-0.3, -0.25) is 4.79 Å². The van der Waals surface area contributed by atoms with Crippen molar-refractivity contribution in [3.05, 3.63) is 58.4 Å². The third-order valence-corrected chi connectivity index (χ3v) is 5.33. The molecule has 0 aromatic heterocycles. The summed E-state index contributed by atoms with van der Waals surface area (Å²) in [6, 6.07) is 7.12. The van der Waals surface area contributed by atoms with Gasteiger partial charge in [-0.25, -0.2) is 14.5 Å². The van der Waals surface area contributed by atoms with Crippen molar-refractivity contribution in [1.82, 2.24) is 4.90 Å². The summed E-state index contributed by atoms with van der Waals surface area (Å²) in [4.78, 5) is 36.8. The summed E-state index contributed by atoms with van der Waals surface area (Å²) in [6.07, 6.45) is -0.435. The number of nitrogens with zero attached hydrogens (tertiary/aromatic N) is 1. The predicted octanol–water partition coefficient (Wildman–Crippen LogP) is 2.33. The van der Waals surface area contributed by atoms with Gasteiger partial charge in [0, 0.05) is 17.1 Å². The minimum atomic E-state index is -1.28. The Kier molecular flexibility index (Phi) is 3.61. The zero-order valence-corrected chi connectivity index (χ0v) is 14.3. The lowest BCUT2D eigenvalue weighted by Crippen LogP contribution is -2.38. The number of cyclic esters (lactones) is 1. The van der Waals surface area contributed by atoms with E-state index < -0.39 is 30.3 Å². The quantitative estimate of drug-likeness (QED) is 0.497. The number of carboxylic acid groups (broad SMARTS) is 1. The maximum atomic E-state index is 12.7.